The van der Waals surface area contributed by atoms with Crippen molar-refractivity contribution in [3.63, 3.8) is 0 Å². The first-order valence-corrected chi connectivity index (χ1v) is 10.9. The molecule has 2 aromatic heterocycles. The molecule has 3 aromatic rings. The SMILES string of the molecule is Fc1ccc(-n2cnnc2[C@@H]2[C@H]3CC[C@H](C3)N2c2cc(C(F)(F)F)cc(C(F)(F)F)n2)cc1C(F)(F)F. The van der Waals surface area contributed by atoms with Gasteiger partial charge in [-0.2, -0.15) is 39.5 Å². The minimum atomic E-state index is -5.16. The van der Waals surface area contributed by atoms with E-state index in [0.717, 1.165) is 17.0 Å². The standard InChI is InChI=1S/C22H15F10N5/c23-15-4-3-12(8-14(15)21(27,28)29)36-9-33-35-19(36)18-10-1-2-13(5-10)37(18)17-7-11(20(24,25)26)6-16(34-17)22(30,31)32/h3-4,6-10,13,18H,1-2,5H2/t10-,13+,18-/m0/s1. The van der Waals surface area contributed by atoms with Gasteiger partial charge in [-0.3, -0.25) is 4.57 Å². The van der Waals surface area contributed by atoms with Crippen molar-refractivity contribution in [2.24, 2.45) is 5.92 Å². The van der Waals surface area contributed by atoms with Crippen molar-refractivity contribution in [3.05, 3.63) is 65.1 Å². The van der Waals surface area contributed by atoms with Gasteiger partial charge in [0, 0.05) is 11.7 Å². The molecular formula is C22H15F10N5. The van der Waals surface area contributed by atoms with Crippen LogP contribution >= 0.6 is 0 Å². The second kappa shape index (κ2) is 8.31. The van der Waals surface area contributed by atoms with Gasteiger partial charge in [-0.1, -0.05) is 0 Å². The van der Waals surface area contributed by atoms with E-state index >= 15 is 0 Å². The number of rotatable bonds is 3. The molecule has 0 radical (unpaired) electrons. The summed E-state index contributed by atoms with van der Waals surface area (Å²) in [5, 5.41) is 7.66. The van der Waals surface area contributed by atoms with Gasteiger partial charge in [0.25, 0.3) is 0 Å². The number of hydrogen-bond acceptors (Lipinski definition) is 4. The Morgan fingerprint density at radius 2 is 1.57 bits per heavy atom. The number of benzene rings is 1. The number of halogens is 10. The Bertz CT molecular complexity index is 1290. The van der Waals surface area contributed by atoms with Gasteiger partial charge in [0.1, 0.15) is 23.7 Å². The van der Waals surface area contributed by atoms with E-state index in [4.69, 9.17) is 0 Å². The molecule has 1 saturated heterocycles. The first kappa shape index (κ1) is 25.3. The van der Waals surface area contributed by atoms with Crippen LogP contribution in [0.15, 0.2) is 36.7 Å². The molecule has 1 aromatic carbocycles. The maximum Gasteiger partial charge on any atom is 0.433 e. The van der Waals surface area contributed by atoms with Crippen LogP contribution in [0.1, 0.15) is 47.9 Å². The van der Waals surface area contributed by atoms with E-state index in [1.807, 2.05) is 0 Å². The molecule has 2 aliphatic rings. The quantitative estimate of drug-likeness (QED) is 0.353. The van der Waals surface area contributed by atoms with Crippen molar-refractivity contribution in [3.8, 4) is 5.69 Å². The number of fused-ring (bicyclic) bond motifs is 2. The number of nitrogens with zero attached hydrogens (tertiary/aromatic N) is 5. The van der Waals surface area contributed by atoms with Crippen molar-refractivity contribution in [1.82, 2.24) is 19.7 Å². The minimum absolute atomic E-state index is 0.0142. The molecule has 1 saturated carbocycles. The normalized spacial score (nSPS) is 22.2. The molecule has 0 amide bonds. The first-order chi connectivity index (χ1) is 17.1. The minimum Gasteiger partial charge on any atom is -0.343 e. The van der Waals surface area contributed by atoms with Gasteiger partial charge in [-0.15, -0.1) is 10.2 Å². The van der Waals surface area contributed by atoms with E-state index in [1.54, 1.807) is 0 Å². The van der Waals surface area contributed by atoms with Crippen LogP contribution in [-0.2, 0) is 18.5 Å². The van der Waals surface area contributed by atoms with Crippen LogP contribution in [0, 0.1) is 11.7 Å². The molecule has 1 aliphatic heterocycles. The monoisotopic (exact) mass is 539 g/mol. The highest BCUT2D eigenvalue weighted by molar-refractivity contribution is 5.50. The molecule has 198 valence electrons. The van der Waals surface area contributed by atoms with Crippen LogP contribution in [-0.4, -0.2) is 25.8 Å². The van der Waals surface area contributed by atoms with Crippen molar-refractivity contribution in [2.75, 3.05) is 4.90 Å². The van der Waals surface area contributed by atoms with Gasteiger partial charge >= 0.3 is 18.5 Å². The van der Waals surface area contributed by atoms with Crippen molar-refractivity contribution >= 4 is 5.82 Å². The lowest BCUT2D eigenvalue weighted by molar-refractivity contribution is -0.145. The molecular weight excluding hydrogens is 524 g/mol. The molecule has 37 heavy (non-hydrogen) atoms. The van der Waals surface area contributed by atoms with Crippen molar-refractivity contribution < 1.29 is 43.9 Å². The van der Waals surface area contributed by atoms with Crippen LogP contribution in [0.4, 0.5) is 49.7 Å². The Balaban J connectivity index is 1.63. The summed E-state index contributed by atoms with van der Waals surface area (Å²) in [6, 6.07) is 1.21. The third-order valence-corrected chi connectivity index (χ3v) is 6.65. The van der Waals surface area contributed by atoms with Crippen molar-refractivity contribution in [1.29, 1.82) is 0 Å². The number of piperidine rings is 1. The summed E-state index contributed by atoms with van der Waals surface area (Å²) in [5.74, 6) is -2.40. The molecule has 0 N–H and O–H groups in total. The van der Waals surface area contributed by atoms with Crippen LogP contribution < -0.4 is 4.90 Å². The van der Waals surface area contributed by atoms with E-state index < -0.39 is 59.1 Å². The molecule has 5 nitrogen and oxygen atoms in total. The molecule has 0 unspecified atom stereocenters. The van der Waals surface area contributed by atoms with Crippen LogP contribution in [0.2, 0.25) is 0 Å². The van der Waals surface area contributed by atoms with E-state index in [-0.39, 0.29) is 23.5 Å². The summed E-state index contributed by atoms with van der Waals surface area (Å²) in [5.41, 5.74) is -5.00. The van der Waals surface area contributed by atoms with Gasteiger partial charge in [0.15, 0.2) is 5.82 Å². The zero-order chi connectivity index (χ0) is 26.9. The first-order valence-electron chi connectivity index (χ1n) is 10.9. The van der Waals surface area contributed by atoms with Crippen molar-refractivity contribution in [2.45, 2.75) is 49.9 Å². The Morgan fingerprint density at radius 3 is 2.22 bits per heavy atom. The fraction of sp³-hybridized carbons (Fsp3) is 0.409. The Morgan fingerprint density at radius 1 is 0.838 bits per heavy atom. The molecule has 2 fully saturated rings. The fourth-order valence-corrected chi connectivity index (χ4v) is 5.13. The molecule has 1 aliphatic carbocycles. The summed E-state index contributed by atoms with van der Waals surface area (Å²) in [6.07, 6.45) is -12.8. The predicted octanol–water partition coefficient (Wildman–Crippen LogP) is 6.59. The van der Waals surface area contributed by atoms with E-state index in [2.05, 4.69) is 15.2 Å². The number of alkyl halides is 9. The Hall–Kier alpha value is -3.39. The van der Waals surface area contributed by atoms with E-state index in [9.17, 15) is 43.9 Å². The smallest absolute Gasteiger partial charge is 0.343 e. The maximum atomic E-state index is 13.8. The molecule has 3 heterocycles. The van der Waals surface area contributed by atoms with E-state index in [1.165, 1.54) is 4.90 Å². The number of hydrogen-bond donors (Lipinski definition) is 0. The lowest BCUT2D eigenvalue weighted by atomic mass is 9.97. The number of aromatic nitrogens is 4. The highest BCUT2D eigenvalue weighted by atomic mass is 19.4. The van der Waals surface area contributed by atoms with E-state index in [0.29, 0.717) is 37.5 Å². The summed E-state index contributed by atoms with van der Waals surface area (Å²) >= 11 is 0. The van der Waals surface area contributed by atoms with Gasteiger partial charge in [0.2, 0.25) is 0 Å². The topological polar surface area (TPSA) is 46.8 Å². The Labute approximate surface area is 201 Å². The van der Waals surface area contributed by atoms with Gasteiger partial charge in [0.05, 0.1) is 17.2 Å². The summed E-state index contributed by atoms with van der Waals surface area (Å²) in [6.45, 7) is 0. The molecule has 15 heteroatoms. The fourth-order valence-electron chi connectivity index (χ4n) is 5.13. The third kappa shape index (κ3) is 4.48. The lowest BCUT2D eigenvalue weighted by Crippen LogP contribution is -2.37. The second-order valence-corrected chi connectivity index (χ2v) is 8.89. The molecule has 3 atom stereocenters. The van der Waals surface area contributed by atoms with Gasteiger partial charge in [-0.25, -0.2) is 9.37 Å². The lowest BCUT2D eigenvalue weighted by Gasteiger charge is -2.36. The molecule has 5 rings (SSSR count). The highest BCUT2D eigenvalue weighted by Gasteiger charge is 2.50. The summed E-state index contributed by atoms with van der Waals surface area (Å²) in [7, 11) is 0. The van der Waals surface area contributed by atoms with Crippen LogP contribution in [0.3, 0.4) is 0 Å². The average molecular weight is 539 g/mol. The van der Waals surface area contributed by atoms with Crippen LogP contribution in [0.25, 0.3) is 5.69 Å². The Kier molecular flexibility index (Phi) is 5.68. The highest BCUT2D eigenvalue weighted by Crippen LogP contribution is 2.52. The number of anilines is 1. The zero-order valence-corrected chi connectivity index (χ0v) is 18.3. The zero-order valence-electron chi connectivity index (χ0n) is 18.3. The largest absolute Gasteiger partial charge is 0.433 e. The van der Waals surface area contributed by atoms with Gasteiger partial charge < -0.3 is 4.90 Å². The maximum absolute atomic E-state index is 13.8. The summed E-state index contributed by atoms with van der Waals surface area (Å²) < 4.78 is 135. The predicted molar refractivity (Wildman–Crippen MR) is 107 cm³/mol. The average Bonchev–Trinajstić information content (AvgIpc) is 3.53. The third-order valence-electron chi connectivity index (χ3n) is 6.65. The second-order valence-electron chi connectivity index (χ2n) is 8.89. The molecule has 2 bridgehead atoms. The number of pyridine rings is 1. The van der Waals surface area contributed by atoms with Gasteiger partial charge in [-0.05, 0) is 55.5 Å². The molecule has 0 spiro atoms. The summed E-state index contributed by atoms with van der Waals surface area (Å²) in [4.78, 5) is 4.78. The van der Waals surface area contributed by atoms with Crippen LogP contribution in [0.5, 0.6) is 0 Å².